The molecule has 1 aromatic heterocycles. The van der Waals surface area contributed by atoms with Crippen LogP contribution < -0.4 is 10.1 Å². The van der Waals surface area contributed by atoms with E-state index in [1.807, 2.05) is 30.5 Å². The van der Waals surface area contributed by atoms with Crippen molar-refractivity contribution in [3.63, 3.8) is 0 Å². The predicted molar refractivity (Wildman–Crippen MR) is 78.3 cm³/mol. The number of carbonyl (C=O) groups excluding carboxylic acids is 1. The van der Waals surface area contributed by atoms with Crippen LogP contribution in [-0.2, 0) is 0 Å². The first-order valence-electron chi connectivity index (χ1n) is 5.87. The molecular weight excluding hydrogens is 282 g/mol. The molecule has 0 unspecified atom stereocenters. The number of nitrogens with one attached hydrogen (secondary N) is 1. The Hall–Kier alpha value is -1.52. The molecule has 2 rings (SSSR count). The molecule has 0 radical (unpaired) electrons. The van der Waals surface area contributed by atoms with E-state index in [4.69, 9.17) is 16.3 Å². The van der Waals surface area contributed by atoms with Gasteiger partial charge in [-0.2, -0.15) is 0 Å². The Morgan fingerprint density at radius 1 is 1.42 bits per heavy atom. The molecule has 0 saturated carbocycles. The number of thiophene rings is 1. The maximum absolute atomic E-state index is 11.6. The van der Waals surface area contributed by atoms with Gasteiger partial charge in [-0.3, -0.25) is 4.79 Å². The highest BCUT2D eigenvalue weighted by atomic mass is 35.5. The summed E-state index contributed by atoms with van der Waals surface area (Å²) in [5.41, 5.74) is 0.974. The van der Waals surface area contributed by atoms with Crippen LogP contribution in [0.5, 0.6) is 5.75 Å². The number of hydrogen-bond donors (Lipinski definition) is 1. The molecule has 2 aromatic rings. The molecular formula is C14H14ClNO2S. The molecule has 0 spiro atoms. The van der Waals surface area contributed by atoms with Crippen LogP contribution in [0.15, 0.2) is 35.7 Å². The van der Waals surface area contributed by atoms with Crippen molar-refractivity contribution in [3.05, 3.63) is 51.2 Å². The second-order valence-electron chi connectivity index (χ2n) is 3.99. The van der Waals surface area contributed by atoms with Gasteiger partial charge >= 0.3 is 0 Å². The van der Waals surface area contributed by atoms with Crippen molar-refractivity contribution in [2.45, 2.75) is 6.92 Å². The Morgan fingerprint density at radius 3 is 2.95 bits per heavy atom. The average molecular weight is 296 g/mol. The molecule has 1 heterocycles. The van der Waals surface area contributed by atoms with Crippen molar-refractivity contribution >= 4 is 28.8 Å². The summed E-state index contributed by atoms with van der Waals surface area (Å²) in [4.78, 5) is 12.4. The number of rotatable bonds is 5. The summed E-state index contributed by atoms with van der Waals surface area (Å²) in [6.07, 6.45) is 0. The van der Waals surface area contributed by atoms with Crippen molar-refractivity contribution in [1.29, 1.82) is 0 Å². The van der Waals surface area contributed by atoms with E-state index in [1.54, 1.807) is 12.1 Å². The van der Waals surface area contributed by atoms with Crippen LogP contribution in [0, 0.1) is 6.92 Å². The van der Waals surface area contributed by atoms with E-state index in [-0.39, 0.29) is 5.91 Å². The minimum Gasteiger partial charge on any atom is -0.492 e. The minimum atomic E-state index is -0.0640. The lowest BCUT2D eigenvalue weighted by atomic mass is 10.2. The number of halogens is 1. The van der Waals surface area contributed by atoms with Crippen molar-refractivity contribution in [1.82, 2.24) is 5.32 Å². The van der Waals surface area contributed by atoms with Crippen molar-refractivity contribution in [3.8, 4) is 5.75 Å². The molecule has 1 aromatic carbocycles. The van der Waals surface area contributed by atoms with E-state index in [1.165, 1.54) is 11.3 Å². The number of aryl methyl sites for hydroxylation is 1. The molecule has 100 valence electrons. The monoisotopic (exact) mass is 295 g/mol. The lowest BCUT2D eigenvalue weighted by Crippen LogP contribution is -2.27. The van der Waals surface area contributed by atoms with Crippen LogP contribution in [0.1, 0.15) is 15.2 Å². The largest absolute Gasteiger partial charge is 0.492 e. The summed E-state index contributed by atoms with van der Waals surface area (Å²) in [6, 6.07) is 9.15. The summed E-state index contributed by atoms with van der Waals surface area (Å²) < 4.78 is 5.54. The highest BCUT2D eigenvalue weighted by molar-refractivity contribution is 7.12. The lowest BCUT2D eigenvalue weighted by Gasteiger charge is -2.08. The number of carbonyl (C=O) groups is 1. The highest BCUT2D eigenvalue weighted by Crippen LogP contribution is 2.20. The van der Waals surface area contributed by atoms with Gasteiger partial charge in [0.2, 0.25) is 0 Å². The molecule has 19 heavy (non-hydrogen) atoms. The van der Waals surface area contributed by atoms with Crippen LogP contribution >= 0.6 is 22.9 Å². The first-order valence-corrected chi connectivity index (χ1v) is 7.13. The molecule has 5 heteroatoms. The van der Waals surface area contributed by atoms with Crippen LogP contribution in [0.25, 0.3) is 0 Å². The second-order valence-corrected chi connectivity index (χ2v) is 5.35. The Bertz CT molecular complexity index is 555. The Labute approximate surface area is 121 Å². The van der Waals surface area contributed by atoms with Gasteiger partial charge < -0.3 is 10.1 Å². The number of ether oxygens (including phenoxy) is 1. The fourth-order valence-electron chi connectivity index (χ4n) is 1.54. The van der Waals surface area contributed by atoms with Gasteiger partial charge in [0.1, 0.15) is 12.4 Å². The van der Waals surface area contributed by atoms with E-state index in [2.05, 4.69) is 5.32 Å². The normalized spacial score (nSPS) is 10.2. The van der Waals surface area contributed by atoms with Crippen LogP contribution in [0.4, 0.5) is 0 Å². The van der Waals surface area contributed by atoms with Gasteiger partial charge in [-0.1, -0.05) is 17.7 Å². The Kier molecular flexibility index (Phi) is 4.82. The summed E-state index contributed by atoms with van der Waals surface area (Å²) >= 11 is 7.35. The lowest BCUT2D eigenvalue weighted by molar-refractivity contribution is 0.0951. The summed E-state index contributed by atoms with van der Waals surface area (Å²) in [5, 5.41) is 5.40. The predicted octanol–water partition coefficient (Wildman–Crippen LogP) is 3.52. The maximum atomic E-state index is 11.6. The Balaban J connectivity index is 1.75. The summed E-state index contributed by atoms with van der Waals surface area (Å²) in [7, 11) is 0. The van der Waals surface area contributed by atoms with Crippen molar-refractivity contribution < 1.29 is 9.53 Å². The SMILES string of the molecule is Cc1cc(OCCNC(=O)c2cccs2)ccc1Cl. The number of amides is 1. The van der Waals surface area contributed by atoms with E-state index < -0.39 is 0 Å². The molecule has 0 saturated heterocycles. The first-order chi connectivity index (χ1) is 9.16. The average Bonchev–Trinajstić information content (AvgIpc) is 2.92. The second kappa shape index (κ2) is 6.59. The zero-order valence-electron chi connectivity index (χ0n) is 10.5. The molecule has 0 aliphatic heterocycles. The van der Waals surface area contributed by atoms with Gasteiger partial charge in [0.05, 0.1) is 11.4 Å². The van der Waals surface area contributed by atoms with Crippen molar-refractivity contribution in [2.75, 3.05) is 13.2 Å². The summed E-state index contributed by atoms with van der Waals surface area (Å²) in [6.45, 7) is 2.82. The van der Waals surface area contributed by atoms with Gasteiger partial charge in [0, 0.05) is 5.02 Å². The molecule has 1 amide bonds. The maximum Gasteiger partial charge on any atom is 0.261 e. The van der Waals surface area contributed by atoms with E-state index >= 15 is 0 Å². The molecule has 0 aliphatic carbocycles. The third-order valence-corrected chi connectivity index (χ3v) is 3.82. The molecule has 3 nitrogen and oxygen atoms in total. The van der Waals surface area contributed by atoms with Crippen LogP contribution in [0.2, 0.25) is 5.02 Å². The minimum absolute atomic E-state index is 0.0640. The van der Waals surface area contributed by atoms with Crippen LogP contribution in [-0.4, -0.2) is 19.1 Å². The van der Waals surface area contributed by atoms with Gasteiger partial charge in [-0.25, -0.2) is 0 Å². The molecule has 0 atom stereocenters. The standard InChI is InChI=1S/C14H14ClNO2S/c1-10-9-11(4-5-12(10)15)18-7-6-16-14(17)13-3-2-8-19-13/h2-5,8-9H,6-7H2,1H3,(H,16,17). The third kappa shape index (κ3) is 3.98. The molecule has 0 bridgehead atoms. The molecule has 0 fully saturated rings. The van der Waals surface area contributed by atoms with Gasteiger partial charge in [-0.15, -0.1) is 11.3 Å². The zero-order chi connectivity index (χ0) is 13.7. The molecule has 1 N–H and O–H groups in total. The zero-order valence-corrected chi connectivity index (χ0v) is 12.1. The highest BCUT2D eigenvalue weighted by Gasteiger charge is 2.05. The summed E-state index contributed by atoms with van der Waals surface area (Å²) in [5.74, 6) is 0.693. The third-order valence-electron chi connectivity index (χ3n) is 2.53. The smallest absolute Gasteiger partial charge is 0.261 e. The van der Waals surface area contributed by atoms with Gasteiger partial charge in [-0.05, 0) is 42.1 Å². The van der Waals surface area contributed by atoms with Gasteiger partial charge in [0.15, 0.2) is 0 Å². The van der Waals surface area contributed by atoms with Crippen molar-refractivity contribution in [2.24, 2.45) is 0 Å². The molecule has 0 aliphatic rings. The van der Waals surface area contributed by atoms with Crippen LogP contribution in [0.3, 0.4) is 0 Å². The fourth-order valence-corrected chi connectivity index (χ4v) is 2.29. The number of benzene rings is 1. The van der Waals surface area contributed by atoms with Gasteiger partial charge in [0.25, 0.3) is 5.91 Å². The number of hydrogen-bond acceptors (Lipinski definition) is 3. The van der Waals surface area contributed by atoms with E-state index in [0.717, 1.165) is 16.3 Å². The Morgan fingerprint density at radius 2 is 2.26 bits per heavy atom. The fraction of sp³-hybridized carbons (Fsp3) is 0.214. The van der Waals surface area contributed by atoms with E-state index in [9.17, 15) is 4.79 Å². The quantitative estimate of drug-likeness (QED) is 0.857. The van der Waals surface area contributed by atoms with E-state index in [0.29, 0.717) is 18.0 Å². The first kappa shape index (κ1) is 13.9. The topological polar surface area (TPSA) is 38.3 Å².